The van der Waals surface area contributed by atoms with Gasteiger partial charge in [-0.25, -0.2) is 0 Å². The number of hydrogen-bond donors (Lipinski definition) is 0. The zero-order valence-electron chi connectivity index (χ0n) is 10.8. The summed E-state index contributed by atoms with van der Waals surface area (Å²) in [5.41, 5.74) is 4.45. The Hall–Kier alpha value is -1.63. The minimum absolute atomic E-state index is 0.652. The molecule has 2 aromatic rings. The Bertz CT molecular complexity index is 518. The Balaban J connectivity index is 1.91. The second-order valence-corrected chi connectivity index (χ2v) is 5.39. The number of aryl methyl sites for hydroxylation is 1. The Morgan fingerprint density at radius 2 is 2.06 bits per heavy atom. The van der Waals surface area contributed by atoms with Gasteiger partial charge in [-0.05, 0) is 53.9 Å². The van der Waals surface area contributed by atoms with Crippen LogP contribution in [0.15, 0.2) is 48.8 Å². The van der Waals surface area contributed by atoms with Gasteiger partial charge < -0.3 is 0 Å². The molecule has 3 rings (SSSR count). The van der Waals surface area contributed by atoms with E-state index in [1.807, 2.05) is 18.5 Å². The van der Waals surface area contributed by atoms with Crippen molar-refractivity contribution in [3.05, 3.63) is 65.5 Å². The minimum Gasteiger partial charge on any atom is -0.264 e. The predicted molar refractivity (Wildman–Crippen MR) is 74.6 cm³/mol. The van der Waals surface area contributed by atoms with Gasteiger partial charge in [0.05, 0.1) is 0 Å². The molecule has 0 aliphatic heterocycles. The Labute approximate surface area is 109 Å². The van der Waals surface area contributed by atoms with Crippen LogP contribution in [0.25, 0.3) is 0 Å². The third kappa shape index (κ3) is 2.17. The van der Waals surface area contributed by atoms with E-state index in [2.05, 4.69) is 42.2 Å². The first-order chi connectivity index (χ1) is 8.84. The second kappa shape index (κ2) is 4.93. The van der Waals surface area contributed by atoms with Gasteiger partial charge in [-0.15, -0.1) is 0 Å². The van der Waals surface area contributed by atoms with Crippen LogP contribution in [0.2, 0.25) is 0 Å². The molecule has 2 atom stereocenters. The van der Waals surface area contributed by atoms with E-state index in [0.717, 1.165) is 12.3 Å². The SMILES string of the molecule is CC1CCc2ccccc2C1Cc1cccnc1. The molecule has 1 heteroatoms. The summed E-state index contributed by atoms with van der Waals surface area (Å²) >= 11 is 0. The first kappa shape index (κ1) is 11.5. The molecular weight excluding hydrogens is 218 g/mol. The largest absolute Gasteiger partial charge is 0.264 e. The lowest BCUT2D eigenvalue weighted by molar-refractivity contribution is 0.400. The van der Waals surface area contributed by atoms with Crippen LogP contribution in [0, 0.1) is 5.92 Å². The number of hydrogen-bond acceptors (Lipinski definition) is 1. The van der Waals surface area contributed by atoms with E-state index < -0.39 is 0 Å². The number of nitrogens with zero attached hydrogens (tertiary/aromatic N) is 1. The molecule has 0 spiro atoms. The highest BCUT2D eigenvalue weighted by molar-refractivity contribution is 5.34. The van der Waals surface area contributed by atoms with E-state index in [1.165, 1.54) is 18.4 Å². The van der Waals surface area contributed by atoms with E-state index in [4.69, 9.17) is 0 Å². The van der Waals surface area contributed by atoms with Crippen LogP contribution in [0.1, 0.15) is 36.0 Å². The van der Waals surface area contributed by atoms with Crippen LogP contribution in [0.5, 0.6) is 0 Å². The van der Waals surface area contributed by atoms with Gasteiger partial charge in [0.1, 0.15) is 0 Å². The van der Waals surface area contributed by atoms with Gasteiger partial charge in [0, 0.05) is 12.4 Å². The molecule has 0 radical (unpaired) electrons. The van der Waals surface area contributed by atoms with E-state index in [1.54, 1.807) is 11.1 Å². The molecule has 1 heterocycles. The lowest BCUT2D eigenvalue weighted by atomic mass is 9.73. The summed E-state index contributed by atoms with van der Waals surface area (Å²) in [5, 5.41) is 0. The Kier molecular flexibility index (Phi) is 3.14. The van der Waals surface area contributed by atoms with Crippen molar-refractivity contribution in [3.8, 4) is 0 Å². The fraction of sp³-hybridized carbons (Fsp3) is 0.353. The molecule has 0 amide bonds. The standard InChI is InChI=1S/C17H19N/c1-13-8-9-15-6-2-3-7-16(15)17(13)11-14-5-4-10-18-12-14/h2-7,10,12-13,17H,8-9,11H2,1H3. The molecule has 1 aliphatic carbocycles. The van der Waals surface area contributed by atoms with E-state index in [9.17, 15) is 0 Å². The molecular formula is C17H19N. The molecule has 1 aromatic heterocycles. The van der Waals surface area contributed by atoms with Crippen LogP contribution in [-0.2, 0) is 12.8 Å². The summed E-state index contributed by atoms with van der Waals surface area (Å²) in [5.74, 6) is 1.42. The van der Waals surface area contributed by atoms with Crippen LogP contribution in [0.3, 0.4) is 0 Å². The number of fused-ring (bicyclic) bond motifs is 1. The van der Waals surface area contributed by atoms with Gasteiger partial charge in [0.15, 0.2) is 0 Å². The molecule has 0 bridgehead atoms. The summed E-state index contributed by atoms with van der Waals surface area (Å²) in [6.45, 7) is 2.39. The Morgan fingerprint density at radius 1 is 1.17 bits per heavy atom. The average Bonchev–Trinajstić information content (AvgIpc) is 2.43. The fourth-order valence-electron chi connectivity index (χ4n) is 3.10. The third-order valence-electron chi connectivity index (χ3n) is 4.19. The second-order valence-electron chi connectivity index (χ2n) is 5.39. The maximum atomic E-state index is 4.23. The van der Waals surface area contributed by atoms with Crippen LogP contribution in [0.4, 0.5) is 0 Å². The quantitative estimate of drug-likeness (QED) is 0.769. The van der Waals surface area contributed by atoms with Crippen molar-refractivity contribution in [3.63, 3.8) is 0 Å². The molecule has 0 N–H and O–H groups in total. The van der Waals surface area contributed by atoms with E-state index in [-0.39, 0.29) is 0 Å². The molecule has 92 valence electrons. The monoisotopic (exact) mass is 237 g/mol. The number of rotatable bonds is 2. The van der Waals surface area contributed by atoms with Crippen molar-refractivity contribution in [2.45, 2.75) is 32.1 Å². The summed E-state index contributed by atoms with van der Waals surface area (Å²) in [7, 11) is 0. The van der Waals surface area contributed by atoms with Gasteiger partial charge in [0.2, 0.25) is 0 Å². The van der Waals surface area contributed by atoms with Crippen LogP contribution < -0.4 is 0 Å². The molecule has 1 nitrogen and oxygen atoms in total. The number of pyridine rings is 1. The molecule has 0 fully saturated rings. The Morgan fingerprint density at radius 3 is 2.89 bits per heavy atom. The van der Waals surface area contributed by atoms with Crippen molar-refractivity contribution in [2.75, 3.05) is 0 Å². The maximum Gasteiger partial charge on any atom is 0.0300 e. The van der Waals surface area contributed by atoms with E-state index >= 15 is 0 Å². The van der Waals surface area contributed by atoms with Gasteiger partial charge in [-0.3, -0.25) is 4.98 Å². The van der Waals surface area contributed by atoms with Gasteiger partial charge in [-0.1, -0.05) is 37.3 Å². The molecule has 2 unspecified atom stereocenters. The smallest absolute Gasteiger partial charge is 0.0300 e. The van der Waals surface area contributed by atoms with Gasteiger partial charge in [-0.2, -0.15) is 0 Å². The van der Waals surface area contributed by atoms with Crippen molar-refractivity contribution < 1.29 is 0 Å². The van der Waals surface area contributed by atoms with Crippen molar-refractivity contribution in [1.82, 2.24) is 4.98 Å². The number of aromatic nitrogens is 1. The topological polar surface area (TPSA) is 12.9 Å². The van der Waals surface area contributed by atoms with Crippen molar-refractivity contribution >= 4 is 0 Å². The van der Waals surface area contributed by atoms with Crippen LogP contribution >= 0.6 is 0 Å². The lowest BCUT2D eigenvalue weighted by Crippen LogP contribution is -2.20. The highest BCUT2D eigenvalue weighted by Crippen LogP contribution is 2.37. The first-order valence-electron chi connectivity index (χ1n) is 6.81. The molecule has 0 saturated heterocycles. The van der Waals surface area contributed by atoms with E-state index in [0.29, 0.717) is 5.92 Å². The summed E-state index contributed by atoms with van der Waals surface area (Å²) in [4.78, 5) is 4.23. The first-order valence-corrected chi connectivity index (χ1v) is 6.81. The maximum absolute atomic E-state index is 4.23. The van der Waals surface area contributed by atoms with Crippen molar-refractivity contribution in [2.24, 2.45) is 5.92 Å². The normalized spacial score (nSPS) is 22.5. The summed E-state index contributed by atoms with van der Waals surface area (Å²) in [6, 6.07) is 13.2. The molecule has 1 aromatic carbocycles. The third-order valence-corrected chi connectivity index (χ3v) is 4.19. The highest BCUT2D eigenvalue weighted by atomic mass is 14.6. The van der Waals surface area contributed by atoms with Gasteiger partial charge >= 0.3 is 0 Å². The lowest BCUT2D eigenvalue weighted by Gasteiger charge is -2.31. The van der Waals surface area contributed by atoms with Crippen LogP contribution in [-0.4, -0.2) is 4.98 Å². The van der Waals surface area contributed by atoms with Crippen molar-refractivity contribution in [1.29, 1.82) is 0 Å². The average molecular weight is 237 g/mol. The molecule has 0 saturated carbocycles. The zero-order valence-corrected chi connectivity index (χ0v) is 10.8. The predicted octanol–water partition coefficient (Wildman–Crippen LogP) is 3.99. The molecule has 18 heavy (non-hydrogen) atoms. The fourth-order valence-corrected chi connectivity index (χ4v) is 3.10. The summed E-state index contributed by atoms with van der Waals surface area (Å²) < 4.78 is 0. The zero-order chi connectivity index (χ0) is 12.4. The summed E-state index contributed by atoms with van der Waals surface area (Å²) in [6.07, 6.45) is 7.51. The van der Waals surface area contributed by atoms with Gasteiger partial charge in [0.25, 0.3) is 0 Å². The minimum atomic E-state index is 0.652. The number of benzene rings is 1. The molecule has 1 aliphatic rings. The highest BCUT2D eigenvalue weighted by Gasteiger charge is 2.26.